The van der Waals surface area contributed by atoms with E-state index in [2.05, 4.69) is 36.2 Å². The van der Waals surface area contributed by atoms with E-state index in [1.165, 1.54) is 11.1 Å². The molecule has 2 rings (SSSR count). The molecular formula is C15H20N2O. The van der Waals surface area contributed by atoms with Crippen LogP contribution in [0.2, 0.25) is 0 Å². The molecular weight excluding hydrogens is 224 g/mol. The summed E-state index contributed by atoms with van der Waals surface area (Å²) in [7, 11) is 1.95. The Morgan fingerprint density at radius 1 is 1.39 bits per heavy atom. The summed E-state index contributed by atoms with van der Waals surface area (Å²) in [5, 5.41) is 10.0. The van der Waals surface area contributed by atoms with Gasteiger partial charge in [0.1, 0.15) is 5.82 Å². The van der Waals surface area contributed by atoms with Gasteiger partial charge < -0.3 is 9.67 Å². The van der Waals surface area contributed by atoms with Crippen molar-refractivity contribution in [2.45, 2.75) is 32.3 Å². The number of hydrogen-bond donors (Lipinski definition) is 1. The zero-order valence-electron chi connectivity index (χ0n) is 11.0. The van der Waals surface area contributed by atoms with Gasteiger partial charge in [-0.05, 0) is 25.3 Å². The molecule has 0 spiro atoms. The molecule has 96 valence electrons. The minimum Gasteiger partial charge on any atom is -0.393 e. The highest BCUT2D eigenvalue weighted by Gasteiger charge is 2.09. The van der Waals surface area contributed by atoms with Crippen LogP contribution < -0.4 is 0 Å². The van der Waals surface area contributed by atoms with Crippen LogP contribution in [-0.2, 0) is 19.9 Å². The first-order valence-electron chi connectivity index (χ1n) is 6.35. The molecule has 0 bridgehead atoms. The van der Waals surface area contributed by atoms with E-state index in [1.54, 1.807) is 6.20 Å². The third-order valence-corrected chi connectivity index (χ3v) is 3.19. The van der Waals surface area contributed by atoms with E-state index in [4.69, 9.17) is 0 Å². The van der Waals surface area contributed by atoms with Gasteiger partial charge in [0.2, 0.25) is 0 Å². The number of hydrogen-bond acceptors (Lipinski definition) is 2. The third kappa shape index (κ3) is 3.44. The van der Waals surface area contributed by atoms with Crippen molar-refractivity contribution in [3.63, 3.8) is 0 Å². The van der Waals surface area contributed by atoms with E-state index in [-0.39, 0.29) is 6.10 Å². The lowest BCUT2D eigenvalue weighted by molar-refractivity contribution is 0.162. The molecule has 0 aliphatic heterocycles. The maximum absolute atomic E-state index is 10.0. The van der Waals surface area contributed by atoms with E-state index < -0.39 is 0 Å². The summed E-state index contributed by atoms with van der Waals surface area (Å²) < 4.78 is 1.95. The van der Waals surface area contributed by atoms with Crippen LogP contribution in [0.1, 0.15) is 23.4 Å². The first kappa shape index (κ1) is 12.8. The molecule has 1 aromatic heterocycles. The van der Waals surface area contributed by atoms with Crippen LogP contribution in [0.3, 0.4) is 0 Å². The van der Waals surface area contributed by atoms with Crippen LogP contribution in [-0.4, -0.2) is 20.8 Å². The topological polar surface area (TPSA) is 38.1 Å². The van der Waals surface area contributed by atoms with Crippen molar-refractivity contribution in [2.24, 2.45) is 7.05 Å². The number of aliphatic hydroxyl groups is 1. The SMILES string of the molecule is Cc1cccc(CCC(O)Cc2nccn2C)c1. The van der Waals surface area contributed by atoms with Gasteiger partial charge in [0.25, 0.3) is 0 Å². The lowest BCUT2D eigenvalue weighted by atomic mass is 10.0. The number of aromatic nitrogens is 2. The van der Waals surface area contributed by atoms with Crippen molar-refractivity contribution in [3.05, 3.63) is 53.6 Å². The highest BCUT2D eigenvalue weighted by molar-refractivity contribution is 5.22. The van der Waals surface area contributed by atoms with Crippen molar-refractivity contribution in [2.75, 3.05) is 0 Å². The minimum atomic E-state index is -0.327. The second kappa shape index (κ2) is 5.83. The van der Waals surface area contributed by atoms with E-state index in [0.29, 0.717) is 6.42 Å². The molecule has 0 radical (unpaired) electrons. The average molecular weight is 244 g/mol. The monoisotopic (exact) mass is 244 g/mol. The van der Waals surface area contributed by atoms with Gasteiger partial charge in [0, 0.05) is 25.9 Å². The molecule has 0 amide bonds. The van der Waals surface area contributed by atoms with Gasteiger partial charge in [0.15, 0.2) is 0 Å². The van der Waals surface area contributed by atoms with Gasteiger partial charge in [-0.1, -0.05) is 29.8 Å². The maximum atomic E-state index is 10.0. The van der Waals surface area contributed by atoms with Crippen LogP contribution in [0.15, 0.2) is 36.7 Å². The Kier molecular flexibility index (Phi) is 4.15. The largest absolute Gasteiger partial charge is 0.393 e. The molecule has 2 aromatic rings. The molecule has 1 heterocycles. The molecule has 0 saturated carbocycles. The zero-order chi connectivity index (χ0) is 13.0. The lowest BCUT2D eigenvalue weighted by Gasteiger charge is -2.10. The number of aryl methyl sites for hydroxylation is 3. The predicted octanol–water partition coefficient (Wildman–Crippen LogP) is 2.26. The van der Waals surface area contributed by atoms with E-state index in [1.807, 2.05) is 17.8 Å². The number of aliphatic hydroxyl groups excluding tert-OH is 1. The fourth-order valence-electron chi connectivity index (χ4n) is 2.11. The standard InChI is InChI=1S/C15H20N2O/c1-12-4-3-5-13(10-12)6-7-14(18)11-15-16-8-9-17(15)2/h3-5,8-10,14,18H,6-7,11H2,1-2H3. The molecule has 18 heavy (non-hydrogen) atoms. The average Bonchev–Trinajstić information content (AvgIpc) is 2.73. The number of benzene rings is 1. The van der Waals surface area contributed by atoms with Crippen LogP contribution in [0, 0.1) is 6.92 Å². The number of nitrogens with zero attached hydrogens (tertiary/aromatic N) is 2. The summed E-state index contributed by atoms with van der Waals surface area (Å²) in [4.78, 5) is 4.23. The van der Waals surface area contributed by atoms with E-state index in [9.17, 15) is 5.11 Å². The molecule has 0 aliphatic rings. The van der Waals surface area contributed by atoms with Crippen molar-refractivity contribution < 1.29 is 5.11 Å². The summed E-state index contributed by atoms with van der Waals surface area (Å²) in [5.41, 5.74) is 2.56. The molecule has 3 nitrogen and oxygen atoms in total. The minimum absolute atomic E-state index is 0.327. The van der Waals surface area contributed by atoms with Gasteiger partial charge >= 0.3 is 0 Å². The Morgan fingerprint density at radius 3 is 2.89 bits per heavy atom. The van der Waals surface area contributed by atoms with Crippen molar-refractivity contribution in [3.8, 4) is 0 Å². The summed E-state index contributed by atoms with van der Waals surface area (Å²) in [6, 6.07) is 8.44. The molecule has 1 atom stereocenters. The Balaban J connectivity index is 1.85. The Bertz CT molecular complexity index is 505. The van der Waals surface area contributed by atoms with Crippen LogP contribution in [0.25, 0.3) is 0 Å². The quantitative estimate of drug-likeness (QED) is 0.876. The summed E-state index contributed by atoms with van der Waals surface area (Å²) >= 11 is 0. The Morgan fingerprint density at radius 2 is 2.22 bits per heavy atom. The predicted molar refractivity (Wildman–Crippen MR) is 72.4 cm³/mol. The highest BCUT2D eigenvalue weighted by Crippen LogP contribution is 2.10. The highest BCUT2D eigenvalue weighted by atomic mass is 16.3. The van der Waals surface area contributed by atoms with Crippen LogP contribution >= 0.6 is 0 Å². The number of imidazole rings is 1. The Hall–Kier alpha value is -1.61. The molecule has 0 saturated heterocycles. The van der Waals surface area contributed by atoms with Crippen LogP contribution in [0.4, 0.5) is 0 Å². The molecule has 0 aliphatic carbocycles. The molecule has 1 aromatic carbocycles. The second-order valence-electron chi connectivity index (χ2n) is 4.84. The molecule has 1 unspecified atom stereocenters. The van der Waals surface area contributed by atoms with Crippen molar-refractivity contribution in [1.29, 1.82) is 0 Å². The number of rotatable bonds is 5. The van der Waals surface area contributed by atoms with Gasteiger partial charge in [0.05, 0.1) is 6.10 Å². The lowest BCUT2D eigenvalue weighted by Crippen LogP contribution is -2.14. The third-order valence-electron chi connectivity index (χ3n) is 3.19. The molecule has 0 fully saturated rings. The summed E-state index contributed by atoms with van der Waals surface area (Å²) in [6.07, 6.45) is 5.65. The zero-order valence-corrected chi connectivity index (χ0v) is 11.0. The summed E-state index contributed by atoms with van der Waals surface area (Å²) in [6.45, 7) is 2.09. The first-order chi connectivity index (χ1) is 8.65. The normalized spacial score (nSPS) is 12.6. The van der Waals surface area contributed by atoms with Gasteiger partial charge in [-0.3, -0.25) is 0 Å². The van der Waals surface area contributed by atoms with Crippen LogP contribution in [0.5, 0.6) is 0 Å². The molecule has 3 heteroatoms. The Labute approximate surface area is 108 Å². The first-order valence-corrected chi connectivity index (χ1v) is 6.35. The van der Waals surface area contributed by atoms with Crippen molar-refractivity contribution in [1.82, 2.24) is 9.55 Å². The van der Waals surface area contributed by atoms with Gasteiger partial charge in [-0.2, -0.15) is 0 Å². The second-order valence-corrected chi connectivity index (χ2v) is 4.84. The fraction of sp³-hybridized carbons (Fsp3) is 0.400. The molecule has 1 N–H and O–H groups in total. The van der Waals surface area contributed by atoms with E-state index >= 15 is 0 Å². The fourth-order valence-corrected chi connectivity index (χ4v) is 2.11. The van der Waals surface area contributed by atoms with Crippen molar-refractivity contribution >= 4 is 0 Å². The summed E-state index contributed by atoms with van der Waals surface area (Å²) in [5.74, 6) is 0.937. The maximum Gasteiger partial charge on any atom is 0.110 e. The van der Waals surface area contributed by atoms with E-state index in [0.717, 1.165) is 18.7 Å². The van der Waals surface area contributed by atoms with Gasteiger partial charge in [-0.25, -0.2) is 4.98 Å². The van der Waals surface area contributed by atoms with Gasteiger partial charge in [-0.15, -0.1) is 0 Å². The smallest absolute Gasteiger partial charge is 0.110 e.